The molecule has 1 radical (unpaired) electrons. The molecule has 22 heavy (non-hydrogen) atoms. The van der Waals surface area contributed by atoms with Crippen molar-refractivity contribution >= 4 is 11.2 Å². The second-order valence-corrected chi connectivity index (χ2v) is 4.94. The molecule has 1 saturated heterocycles. The van der Waals surface area contributed by atoms with E-state index in [2.05, 4.69) is 25.0 Å². The van der Waals surface area contributed by atoms with Crippen LogP contribution < -0.4 is 0 Å². The van der Waals surface area contributed by atoms with Gasteiger partial charge in [0.05, 0.1) is 24.2 Å². The maximum absolute atomic E-state index is 10.4. The number of ether oxygens (including phenoxy) is 1. The minimum atomic E-state index is -0.946. The number of aryl methyl sites for hydroxylation is 1. The van der Waals surface area contributed by atoms with E-state index in [0.29, 0.717) is 17.6 Å². The van der Waals surface area contributed by atoms with Crippen LogP contribution in [0.15, 0.2) is 17.8 Å². The van der Waals surface area contributed by atoms with Crippen LogP contribution in [0.3, 0.4) is 0 Å². The van der Waals surface area contributed by atoms with Crippen LogP contribution in [0, 0.1) is 51.0 Å². The van der Waals surface area contributed by atoms with Crippen molar-refractivity contribution in [2.45, 2.75) is 44.7 Å². The number of aliphatic hydroxyl groups excluding tert-OH is 1. The molecule has 10 heteroatoms. The fraction of sp³-hybridized carbons (Fsp3) is 0.583. The molecule has 0 spiro atoms. The van der Waals surface area contributed by atoms with E-state index in [0.717, 1.165) is 5.69 Å². The number of fused-ring (bicyclic) bond motifs is 1. The average Bonchev–Trinajstić information content (AvgIpc) is 3.03. The summed E-state index contributed by atoms with van der Waals surface area (Å²) >= 11 is 0. The van der Waals surface area contributed by atoms with Gasteiger partial charge >= 0.3 is 0 Å². The standard InChI is InChI=1S/C12H15N7O2.Ac/c1-3-7-9(17-18-13)10(20)12(21-7)19-5-16-8-6(2)14-4-15-11(8)19;/h4-5,7,9-10,12,20H,3H2,1-2H3;/t7-,9?,10+,12-;/m1./s1. The second-order valence-electron chi connectivity index (χ2n) is 4.94. The van der Waals surface area contributed by atoms with E-state index in [-0.39, 0.29) is 50.2 Å². The van der Waals surface area contributed by atoms with Gasteiger partial charge in [-0.1, -0.05) is 12.0 Å². The summed E-state index contributed by atoms with van der Waals surface area (Å²) in [5.74, 6) is 0. The molecule has 2 aromatic heterocycles. The van der Waals surface area contributed by atoms with Crippen molar-refractivity contribution in [2.24, 2.45) is 5.11 Å². The Balaban J connectivity index is 0.00000176. The van der Waals surface area contributed by atoms with Crippen molar-refractivity contribution in [1.29, 1.82) is 0 Å². The Labute approximate surface area is 162 Å². The molecular formula is C12H15AcN7O2. The molecule has 1 aliphatic rings. The summed E-state index contributed by atoms with van der Waals surface area (Å²) < 4.78 is 7.49. The zero-order valence-corrected chi connectivity index (χ0v) is 17.0. The minimum absolute atomic E-state index is 0. The number of azide groups is 1. The molecule has 113 valence electrons. The Kier molecular flexibility index (Phi) is 5.75. The van der Waals surface area contributed by atoms with Crippen molar-refractivity contribution in [3.05, 3.63) is 28.8 Å². The minimum Gasteiger partial charge on any atom is -0.388 e. The number of imidazole rings is 1. The molecule has 3 heterocycles. The van der Waals surface area contributed by atoms with Gasteiger partial charge in [-0.3, -0.25) is 4.57 Å². The fourth-order valence-corrected chi connectivity index (χ4v) is 2.65. The smallest absolute Gasteiger partial charge is 0.165 e. The van der Waals surface area contributed by atoms with Gasteiger partial charge in [-0.25, -0.2) is 15.0 Å². The summed E-state index contributed by atoms with van der Waals surface area (Å²) in [5.41, 5.74) is 10.6. The quantitative estimate of drug-likeness (QED) is 0.377. The van der Waals surface area contributed by atoms with Crippen LogP contribution in [-0.2, 0) is 4.74 Å². The van der Waals surface area contributed by atoms with Crippen LogP contribution in [-0.4, -0.2) is 42.9 Å². The van der Waals surface area contributed by atoms with Crippen LogP contribution in [0.1, 0.15) is 25.3 Å². The second kappa shape index (κ2) is 7.20. The van der Waals surface area contributed by atoms with E-state index in [1.165, 1.54) is 6.33 Å². The van der Waals surface area contributed by atoms with Crippen molar-refractivity contribution in [2.75, 3.05) is 0 Å². The summed E-state index contributed by atoms with van der Waals surface area (Å²) in [6.07, 6.45) is 1.69. The normalized spacial score (nSPS) is 27.4. The zero-order chi connectivity index (χ0) is 15.0. The molecular weight excluding hydrogens is 501 g/mol. The predicted molar refractivity (Wildman–Crippen MR) is 73.2 cm³/mol. The van der Waals surface area contributed by atoms with E-state index in [1.54, 1.807) is 10.9 Å². The average molecular weight is 516 g/mol. The van der Waals surface area contributed by atoms with Gasteiger partial charge in [-0.15, -0.1) is 0 Å². The molecule has 0 aromatic carbocycles. The number of nitrogens with zero attached hydrogens (tertiary/aromatic N) is 7. The number of rotatable bonds is 3. The first-order chi connectivity index (χ1) is 10.2. The SMILES string of the molecule is CC[C@H]1O[C@@H](n2cnc3c(C)ncnc32)[C@@H](O)C1N=[N+]=[N-].[Ac]. The van der Waals surface area contributed by atoms with Gasteiger partial charge in [0, 0.05) is 49.0 Å². The van der Waals surface area contributed by atoms with Gasteiger partial charge in [-0.05, 0) is 18.9 Å². The van der Waals surface area contributed by atoms with Gasteiger partial charge in [0.1, 0.15) is 17.9 Å². The number of hydrogen-bond donors (Lipinski definition) is 1. The van der Waals surface area contributed by atoms with Crippen LogP contribution in [0.5, 0.6) is 0 Å². The number of hydrogen-bond acceptors (Lipinski definition) is 6. The summed E-state index contributed by atoms with van der Waals surface area (Å²) in [6, 6.07) is -0.620. The van der Waals surface area contributed by atoms with Gasteiger partial charge in [0.25, 0.3) is 0 Å². The maximum Gasteiger partial charge on any atom is 0.165 e. The monoisotopic (exact) mass is 516 g/mol. The molecule has 4 atom stereocenters. The molecule has 2 aromatic rings. The Morgan fingerprint density at radius 3 is 2.91 bits per heavy atom. The number of aliphatic hydroxyl groups is 1. The largest absolute Gasteiger partial charge is 0.388 e. The van der Waals surface area contributed by atoms with E-state index in [4.69, 9.17) is 10.3 Å². The topological polar surface area (TPSA) is 122 Å². The third-order valence-corrected chi connectivity index (χ3v) is 3.74. The van der Waals surface area contributed by atoms with Crippen LogP contribution in [0.2, 0.25) is 0 Å². The van der Waals surface area contributed by atoms with E-state index >= 15 is 0 Å². The molecule has 1 N–H and O–H groups in total. The summed E-state index contributed by atoms with van der Waals surface area (Å²) in [4.78, 5) is 15.3. The van der Waals surface area contributed by atoms with Gasteiger partial charge in [0.2, 0.25) is 0 Å². The van der Waals surface area contributed by atoms with Crippen molar-refractivity contribution in [3.8, 4) is 0 Å². The maximum atomic E-state index is 10.4. The first kappa shape index (κ1) is 17.6. The van der Waals surface area contributed by atoms with Crippen molar-refractivity contribution in [1.82, 2.24) is 19.5 Å². The third kappa shape index (κ3) is 2.86. The van der Waals surface area contributed by atoms with Crippen molar-refractivity contribution in [3.63, 3.8) is 0 Å². The van der Waals surface area contributed by atoms with E-state index in [9.17, 15) is 5.11 Å². The molecule has 3 rings (SSSR count). The molecule has 0 amide bonds. The summed E-state index contributed by atoms with van der Waals surface area (Å²) in [5, 5.41) is 14.1. The van der Waals surface area contributed by atoms with Crippen LogP contribution in [0.25, 0.3) is 21.6 Å². The zero-order valence-electron chi connectivity index (χ0n) is 12.2. The Morgan fingerprint density at radius 1 is 1.45 bits per heavy atom. The third-order valence-electron chi connectivity index (χ3n) is 3.74. The Hall–Kier alpha value is -0.778. The molecule has 0 saturated carbocycles. The summed E-state index contributed by atoms with van der Waals surface area (Å²) in [7, 11) is 0. The van der Waals surface area contributed by atoms with E-state index in [1.807, 2.05) is 13.8 Å². The van der Waals surface area contributed by atoms with Crippen molar-refractivity contribution < 1.29 is 53.9 Å². The van der Waals surface area contributed by atoms with E-state index < -0.39 is 18.4 Å². The first-order valence-electron chi connectivity index (χ1n) is 6.69. The molecule has 1 fully saturated rings. The van der Waals surface area contributed by atoms with Gasteiger partial charge in [-0.2, -0.15) is 0 Å². The summed E-state index contributed by atoms with van der Waals surface area (Å²) in [6.45, 7) is 3.75. The van der Waals surface area contributed by atoms with Crippen LogP contribution in [0.4, 0.5) is 0 Å². The first-order valence-corrected chi connectivity index (χ1v) is 6.69. The molecule has 9 nitrogen and oxygen atoms in total. The number of aromatic nitrogens is 4. The van der Waals surface area contributed by atoms with Gasteiger partial charge < -0.3 is 9.84 Å². The predicted octanol–water partition coefficient (Wildman–Crippen LogP) is 1.48. The van der Waals surface area contributed by atoms with Gasteiger partial charge in [0.15, 0.2) is 11.9 Å². The Bertz CT molecular complexity index is 715. The molecule has 0 bridgehead atoms. The molecule has 0 aliphatic carbocycles. The van der Waals surface area contributed by atoms with Crippen LogP contribution >= 0.6 is 0 Å². The fourth-order valence-electron chi connectivity index (χ4n) is 2.65. The Morgan fingerprint density at radius 2 is 2.23 bits per heavy atom. The molecule has 1 unspecified atom stereocenters. The molecule has 1 aliphatic heterocycles.